The van der Waals surface area contributed by atoms with Crippen molar-refractivity contribution >= 4 is 52.4 Å². The number of halogens is 4. The van der Waals surface area contributed by atoms with E-state index in [4.69, 9.17) is 56.2 Å². The number of carboxylic acid groups (broad SMARTS) is 1. The van der Waals surface area contributed by atoms with E-state index in [9.17, 15) is 4.79 Å². The smallest absolute Gasteiger partial charge is 0.335 e. The second-order valence-electron chi connectivity index (χ2n) is 4.06. The van der Waals surface area contributed by atoms with Gasteiger partial charge in [-0.05, 0) is 24.3 Å². The summed E-state index contributed by atoms with van der Waals surface area (Å²) in [6.07, 6.45) is 0. The van der Waals surface area contributed by atoms with Crippen LogP contribution in [0.25, 0.3) is 11.1 Å². The van der Waals surface area contributed by atoms with Crippen LogP contribution in [0, 0.1) is 0 Å². The van der Waals surface area contributed by atoms with Gasteiger partial charge in [-0.3, -0.25) is 0 Å². The summed E-state index contributed by atoms with van der Waals surface area (Å²) in [6, 6.07) is 5.80. The molecule has 3 nitrogen and oxygen atoms in total. The van der Waals surface area contributed by atoms with Crippen molar-refractivity contribution < 1.29 is 14.6 Å². The average molecular weight is 366 g/mol. The summed E-state index contributed by atoms with van der Waals surface area (Å²) < 4.78 is 5.23. The monoisotopic (exact) mass is 364 g/mol. The van der Waals surface area contributed by atoms with Gasteiger partial charge in [-0.2, -0.15) is 0 Å². The molecule has 0 amide bonds. The number of methoxy groups -OCH3 is 1. The Bertz CT molecular complexity index is 729. The summed E-state index contributed by atoms with van der Waals surface area (Å²) in [5.41, 5.74) is 0.864. The van der Waals surface area contributed by atoms with Crippen LogP contribution in [-0.4, -0.2) is 18.2 Å². The first kappa shape index (κ1) is 16.2. The molecule has 0 aliphatic carbocycles. The highest BCUT2D eigenvalue weighted by atomic mass is 35.5. The Hall–Kier alpha value is -1.13. The first-order chi connectivity index (χ1) is 9.86. The van der Waals surface area contributed by atoms with Gasteiger partial charge in [0.25, 0.3) is 0 Å². The van der Waals surface area contributed by atoms with E-state index in [-0.39, 0.29) is 25.7 Å². The zero-order valence-electron chi connectivity index (χ0n) is 10.6. The van der Waals surface area contributed by atoms with Gasteiger partial charge >= 0.3 is 5.97 Å². The molecule has 1 N–H and O–H groups in total. The molecular weight excluding hydrogens is 358 g/mol. The van der Waals surface area contributed by atoms with Crippen molar-refractivity contribution in [3.63, 3.8) is 0 Å². The van der Waals surface area contributed by atoms with Crippen LogP contribution in [0.2, 0.25) is 20.1 Å². The molecule has 2 rings (SSSR count). The first-order valence-corrected chi connectivity index (χ1v) is 7.12. The van der Waals surface area contributed by atoms with Gasteiger partial charge in [0.2, 0.25) is 0 Å². The molecule has 2 aromatic carbocycles. The molecule has 0 unspecified atom stereocenters. The van der Waals surface area contributed by atoms with Gasteiger partial charge in [0, 0.05) is 11.1 Å². The molecule has 0 saturated carbocycles. The molecule has 7 heteroatoms. The molecule has 21 heavy (non-hydrogen) atoms. The van der Waals surface area contributed by atoms with E-state index in [0.717, 1.165) is 0 Å². The van der Waals surface area contributed by atoms with Crippen LogP contribution in [0.1, 0.15) is 10.4 Å². The Morgan fingerprint density at radius 3 is 2.29 bits per heavy atom. The Balaban J connectivity index is 2.80. The maximum Gasteiger partial charge on any atom is 0.335 e. The number of aromatic carboxylic acids is 1. The molecule has 0 aliphatic heterocycles. The standard InChI is InChI=1S/C14H8Cl4O3/c1-21-10-3-2-6(14(19)20)4-7(10)11-8(15)5-9(16)12(17)13(11)18/h2-5H,1H3,(H,19,20). The van der Waals surface area contributed by atoms with Gasteiger partial charge in [0.15, 0.2) is 0 Å². The molecular formula is C14H8Cl4O3. The molecule has 0 spiro atoms. The second kappa shape index (κ2) is 6.32. The van der Waals surface area contributed by atoms with Crippen LogP contribution in [-0.2, 0) is 0 Å². The molecule has 110 valence electrons. The summed E-state index contributed by atoms with van der Waals surface area (Å²) in [6.45, 7) is 0. The molecule has 0 aromatic heterocycles. The summed E-state index contributed by atoms with van der Waals surface area (Å²) in [5.74, 6) is -0.659. The summed E-state index contributed by atoms with van der Waals surface area (Å²) in [4.78, 5) is 11.1. The Morgan fingerprint density at radius 1 is 1.05 bits per heavy atom. The van der Waals surface area contributed by atoms with Crippen LogP contribution in [0.4, 0.5) is 0 Å². The third-order valence-electron chi connectivity index (χ3n) is 2.83. The highest BCUT2D eigenvalue weighted by Gasteiger charge is 2.20. The molecule has 0 saturated heterocycles. The van der Waals surface area contributed by atoms with Crippen molar-refractivity contribution in [2.45, 2.75) is 0 Å². The fraction of sp³-hybridized carbons (Fsp3) is 0.0714. The number of ether oxygens (including phenoxy) is 1. The van der Waals surface area contributed by atoms with Crippen LogP contribution in [0.5, 0.6) is 5.75 Å². The quantitative estimate of drug-likeness (QED) is 0.562. The van der Waals surface area contributed by atoms with E-state index in [1.807, 2.05) is 0 Å². The van der Waals surface area contributed by atoms with Gasteiger partial charge in [0.1, 0.15) is 5.75 Å². The lowest BCUT2D eigenvalue weighted by molar-refractivity contribution is 0.0697. The topological polar surface area (TPSA) is 46.5 Å². The van der Waals surface area contributed by atoms with Crippen molar-refractivity contribution in [3.8, 4) is 16.9 Å². The SMILES string of the molecule is COc1ccc(C(=O)O)cc1-c1c(Cl)cc(Cl)c(Cl)c1Cl. The van der Waals surface area contributed by atoms with Gasteiger partial charge < -0.3 is 9.84 Å². The molecule has 0 radical (unpaired) electrons. The van der Waals surface area contributed by atoms with E-state index < -0.39 is 5.97 Å². The third-order valence-corrected chi connectivity index (χ3v) is 4.39. The fourth-order valence-electron chi connectivity index (χ4n) is 1.85. The van der Waals surface area contributed by atoms with Crippen molar-refractivity contribution in [2.24, 2.45) is 0 Å². The van der Waals surface area contributed by atoms with E-state index >= 15 is 0 Å². The molecule has 2 aromatic rings. The average Bonchev–Trinajstić information content (AvgIpc) is 2.44. The molecule has 0 aliphatic rings. The van der Waals surface area contributed by atoms with Crippen molar-refractivity contribution in [1.29, 1.82) is 0 Å². The first-order valence-electron chi connectivity index (χ1n) is 5.61. The lowest BCUT2D eigenvalue weighted by atomic mass is 10.0. The van der Waals surface area contributed by atoms with Crippen molar-refractivity contribution in [1.82, 2.24) is 0 Å². The fourth-order valence-corrected chi connectivity index (χ4v) is 2.97. The number of carboxylic acids is 1. The van der Waals surface area contributed by atoms with E-state index in [2.05, 4.69) is 0 Å². The van der Waals surface area contributed by atoms with Crippen LogP contribution in [0.3, 0.4) is 0 Å². The van der Waals surface area contributed by atoms with Gasteiger partial charge in [-0.25, -0.2) is 4.79 Å². The minimum atomic E-state index is -1.08. The maximum absolute atomic E-state index is 11.1. The van der Waals surface area contributed by atoms with Gasteiger partial charge in [0.05, 0.1) is 32.8 Å². The second-order valence-corrected chi connectivity index (χ2v) is 5.63. The number of benzene rings is 2. The summed E-state index contributed by atoms with van der Waals surface area (Å²) >= 11 is 24.3. The van der Waals surface area contributed by atoms with Crippen molar-refractivity contribution in [2.75, 3.05) is 7.11 Å². The van der Waals surface area contributed by atoms with Gasteiger partial charge in [-0.1, -0.05) is 46.4 Å². The Labute approximate surface area is 141 Å². The molecule has 0 heterocycles. The normalized spacial score (nSPS) is 10.5. The Kier molecular flexibility index (Phi) is 4.89. The zero-order valence-corrected chi connectivity index (χ0v) is 13.6. The van der Waals surface area contributed by atoms with Crippen LogP contribution in [0.15, 0.2) is 24.3 Å². The third kappa shape index (κ3) is 3.06. The summed E-state index contributed by atoms with van der Waals surface area (Å²) in [5, 5.41) is 9.83. The van der Waals surface area contributed by atoms with Gasteiger partial charge in [-0.15, -0.1) is 0 Å². The maximum atomic E-state index is 11.1. The molecule has 0 atom stereocenters. The number of carbonyl (C=O) groups is 1. The van der Waals surface area contributed by atoms with Crippen LogP contribution >= 0.6 is 46.4 Å². The molecule has 0 bridgehead atoms. The lowest BCUT2D eigenvalue weighted by Gasteiger charge is -2.14. The molecule has 0 fully saturated rings. The predicted molar refractivity (Wildman–Crippen MR) is 85.4 cm³/mol. The van der Waals surface area contributed by atoms with E-state index in [1.54, 1.807) is 0 Å². The largest absolute Gasteiger partial charge is 0.496 e. The van der Waals surface area contributed by atoms with Crippen molar-refractivity contribution in [3.05, 3.63) is 49.9 Å². The Morgan fingerprint density at radius 2 is 1.71 bits per heavy atom. The summed E-state index contributed by atoms with van der Waals surface area (Å²) in [7, 11) is 1.46. The highest BCUT2D eigenvalue weighted by Crippen LogP contribution is 2.45. The minimum absolute atomic E-state index is 0.0732. The number of rotatable bonds is 3. The lowest BCUT2D eigenvalue weighted by Crippen LogP contribution is -1.98. The number of hydrogen-bond acceptors (Lipinski definition) is 2. The van der Waals surface area contributed by atoms with Crippen LogP contribution < -0.4 is 4.74 Å². The van der Waals surface area contributed by atoms with E-state index in [1.165, 1.54) is 31.4 Å². The predicted octanol–water partition coefficient (Wildman–Crippen LogP) is 5.67. The van der Waals surface area contributed by atoms with E-state index in [0.29, 0.717) is 16.9 Å². The number of hydrogen-bond donors (Lipinski definition) is 1. The minimum Gasteiger partial charge on any atom is -0.496 e. The highest BCUT2D eigenvalue weighted by molar-refractivity contribution is 6.51. The zero-order chi connectivity index (χ0) is 15.7.